The van der Waals surface area contributed by atoms with Crippen molar-refractivity contribution in [2.75, 3.05) is 66.0 Å². The van der Waals surface area contributed by atoms with Gasteiger partial charge >= 0.3 is 0 Å². The molecule has 0 bridgehead atoms. The maximum Gasteiger partial charge on any atom is 0.225 e. The Hall–Kier alpha value is -0.610. The molecule has 1 unspecified atom stereocenters. The third-order valence-corrected chi connectivity index (χ3v) is 6.85. The molecule has 8 heteroatoms. The zero-order valence-electron chi connectivity index (χ0n) is 19.8. The van der Waals surface area contributed by atoms with Crippen molar-refractivity contribution in [3.63, 3.8) is 0 Å². The molecular weight excluding hydrogens is 503 g/mol. The molecule has 0 radical (unpaired) electrons. The first-order valence-corrected chi connectivity index (χ1v) is 12.4. The molecule has 3 aliphatic rings. The number of carbonyl (C=O) groups excluding carboxylic acids is 1. The third-order valence-electron chi connectivity index (χ3n) is 6.85. The van der Waals surface area contributed by atoms with Gasteiger partial charge in [0.1, 0.15) is 0 Å². The Morgan fingerprint density at radius 3 is 2.58 bits per heavy atom. The van der Waals surface area contributed by atoms with Crippen molar-refractivity contribution in [3.05, 3.63) is 0 Å². The average Bonchev–Trinajstić information content (AvgIpc) is 3.13. The molecule has 0 aromatic carbocycles. The van der Waals surface area contributed by atoms with Crippen LogP contribution in [-0.4, -0.2) is 98.6 Å². The fourth-order valence-corrected chi connectivity index (χ4v) is 5.01. The Bertz CT molecular complexity index is 554. The highest BCUT2D eigenvalue weighted by Gasteiger charge is 2.31. The van der Waals surface area contributed by atoms with Crippen molar-refractivity contribution in [2.45, 2.75) is 64.3 Å². The minimum absolute atomic E-state index is 0. The molecule has 1 saturated carbocycles. The van der Waals surface area contributed by atoms with Crippen molar-refractivity contribution in [3.8, 4) is 0 Å². The highest BCUT2D eigenvalue weighted by Crippen LogP contribution is 2.26. The molecule has 2 N–H and O–H groups in total. The maximum absolute atomic E-state index is 12.8. The van der Waals surface area contributed by atoms with Gasteiger partial charge in [-0.05, 0) is 65.7 Å². The predicted octanol–water partition coefficient (Wildman–Crippen LogP) is 2.37. The van der Waals surface area contributed by atoms with Crippen molar-refractivity contribution in [2.24, 2.45) is 10.9 Å². The number of aliphatic imine (C=N–C) groups is 1. The molecule has 0 aromatic rings. The highest BCUT2D eigenvalue weighted by atomic mass is 127. The number of halogens is 1. The third kappa shape index (κ3) is 9.04. The van der Waals surface area contributed by atoms with Crippen LogP contribution in [0.25, 0.3) is 0 Å². The minimum atomic E-state index is 0. The summed E-state index contributed by atoms with van der Waals surface area (Å²) in [4.78, 5) is 24.7. The van der Waals surface area contributed by atoms with Crippen molar-refractivity contribution >= 4 is 35.8 Å². The van der Waals surface area contributed by atoms with Gasteiger partial charge in [-0.15, -0.1) is 24.0 Å². The summed E-state index contributed by atoms with van der Waals surface area (Å²) < 4.78 is 0. The number of nitrogens with zero attached hydrogens (tertiary/aromatic N) is 4. The largest absolute Gasteiger partial charge is 0.357 e. The first-order chi connectivity index (χ1) is 14.7. The molecular formula is C23H45IN6O. The number of nitrogens with one attached hydrogen (secondary N) is 2. The summed E-state index contributed by atoms with van der Waals surface area (Å²) in [6.07, 6.45) is 9.29. The summed E-state index contributed by atoms with van der Waals surface area (Å²) in [5.74, 6) is 1.58. The van der Waals surface area contributed by atoms with Crippen molar-refractivity contribution in [1.29, 1.82) is 0 Å². The maximum atomic E-state index is 12.8. The Kier molecular flexibility index (Phi) is 12.5. The van der Waals surface area contributed by atoms with Crippen LogP contribution in [0.5, 0.6) is 0 Å². The number of likely N-dealkylation sites (N-methyl/N-ethyl adjacent to an activating group) is 1. The van der Waals surface area contributed by atoms with Crippen LogP contribution < -0.4 is 10.6 Å². The zero-order valence-corrected chi connectivity index (χ0v) is 22.1. The first-order valence-electron chi connectivity index (χ1n) is 12.4. The normalized spacial score (nSPS) is 24.5. The van der Waals surface area contributed by atoms with Gasteiger partial charge in [-0.1, -0.05) is 19.3 Å². The molecule has 0 spiro atoms. The van der Waals surface area contributed by atoms with Crippen molar-refractivity contribution < 1.29 is 4.79 Å². The van der Waals surface area contributed by atoms with Crippen LogP contribution in [0.2, 0.25) is 0 Å². The van der Waals surface area contributed by atoms with Gasteiger partial charge in [-0.3, -0.25) is 9.79 Å². The summed E-state index contributed by atoms with van der Waals surface area (Å²) in [6, 6.07) is 0.316. The van der Waals surface area contributed by atoms with Gasteiger partial charge in [0.05, 0.1) is 0 Å². The van der Waals surface area contributed by atoms with E-state index in [0.717, 1.165) is 64.4 Å². The standard InChI is InChI=1S/C23H44N6O.HI/c1-3-24-23(25-12-7-14-28-15-8-13-27(2)17-18-28)26-21-11-16-29(19-21)22(30)20-9-5-4-6-10-20;/h20-21H,3-19H2,1-2H3,(H2,24,25,26);1H. The van der Waals surface area contributed by atoms with Crippen molar-refractivity contribution in [1.82, 2.24) is 25.3 Å². The SMILES string of the molecule is CCNC(=NCCCN1CCCN(C)CC1)NC1CCN(C(=O)C2CCCCC2)C1.I. The lowest BCUT2D eigenvalue weighted by molar-refractivity contribution is -0.135. The van der Waals surface area contributed by atoms with Crippen LogP contribution in [0.15, 0.2) is 4.99 Å². The number of hydrogen-bond acceptors (Lipinski definition) is 4. The van der Waals surface area contributed by atoms with E-state index < -0.39 is 0 Å². The second-order valence-electron chi connectivity index (χ2n) is 9.36. The van der Waals surface area contributed by atoms with Gasteiger partial charge in [0, 0.05) is 51.2 Å². The molecule has 0 aromatic heterocycles. The Labute approximate surface area is 206 Å². The monoisotopic (exact) mass is 548 g/mol. The van der Waals surface area contributed by atoms with Crippen LogP contribution in [0.3, 0.4) is 0 Å². The van der Waals surface area contributed by atoms with Gasteiger partial charge in [-0.25, -0.2) is 0 Å². The van der Waals surface area contributed by atoms with Crippen LogP contribution in [0, 0.1) is 5.92 Å². The zero-order chi connectivity index (χ0) is 21.2. The fourth-order valence-electron chi connectivity index (χ4n) is 5.01. The number of likely N-dealkylation sites (tertiary alicyclic amines) is 1. The summed E-state index contributed by atoms with van der Waals surface area (Å²) in [5, 5.41) is 6.97. The van der Waals surface area contributed by atoms with Gasteiger partial charge in [0.15, 0.2) is 5.96 Å². The van der Waals surface area contributed by atoms with E-state index in [4.69, 9.17) is 4.99 Å². The molecule has 2 heterocycles. The number of guanidine groups is 1. The quantitative estimate of drug-likeness (QED) is 0.222. The molecule has 180 valence electrons. The molecule has 2 aliphatic heterocycles. The first kappa shape index (κ1) is 26.6. The summed E-state index contributed by atoms with van der Waals surface area (Å²) in [7, 11) is 2.22. The van der Waals surface area contributed by atoms with E-state index >= 15 is 0 Å². The molecule has 1 aliphatic carbocycles. The Balaban J connectivity index is 0.00000341. The highest BCUT2D eigenvalue weighted by molar-refractivity contribution is 14.0. The van der Waals surface area contributed by atoms with E-state index in [9.17, 15) is 4.79 Å². The molecule has 3 fully saturated rings. The second-order valence-corrected chi connectivity index (χ2v) is 9.36. The summed E-state index contributed by atoms with van der Waals surface area (Å²) in [6.45, 7) is 11.4. The second kappa shape index (κ2) is 14.5. The predicted molar refractivity (Wildman–Crippen MR) is 139 cm³/mol. The van der Waals surface area contributed by atoms with E-state index in [1.807, 2.05) is 0 Å². The lowest BCUT2D eigenvalue weighted by Gasteiger charge is -2.26. The van der Waals surface area contributed by atoms with Gasteiger partial charge in [0.25, 0.3) is 0 Å². The lowest BCUT2D eigenvalue weighted by Crippen LogP contribution is -2.45. The van der Waals surface area contributed by atoms with Crippen LogP contribution in [0.4, 0.5) is 0 Å². The van der Waals surface area contributed by atoms with Gasteiger partial charge in [0.2, 0.25) is 5.91 Å². The minimum Gasteiger partial charge on any atom is -0.357 e. The lowest BCUT2D eigenvalue weighted by atomic mass is 9.88. The smallest absolute Gasteiger partial charge is 0.225 e. The van der Waals surface area contributed by atoms with Crippen LogP contribution in [0.1, 0.15) is 58.3 Å². The topological polar surface area (TPSA) is 63.2 Å². The van der Waals surface area contributed by atoms with E-state index in [1.165, 1.54) is 51.9 Å². The summed E-state index contributed by atoms with van der Waals surface area (Å²) in [5.41, 5.74) is 0. The van der Waals surface area contributed by atoms with Gasteiger partial charge in [-0.2, -0.15) is 0 Å². The number of amides is 1. The van der Waals surface area contributed by atoms with Gasteiger partial charge < -0.3 is 25.3 Å². The van der Waals surface area contributed by atoms with E-state index in [2.05, 4.69) is 39.3 Å². The number of carbonyl (C=O) groups is 1. The number of hydrogen-bond donors (Lipinski definition) is 2. The van der Waals surface area contributed by atoms with E-state index in [1.54, 1.807) is 0 Å². The van der Waals surface area contributed by atoms with E-state index in [0.29, 0.717) is 11.9 Å². The fraction of sp³-hybridized carbons (Fsp3) is 0.913. The molecule has 1 atom stereocenters. The molecule has 1 amide bonds. The van der Waals surface area contributed by atoms with Crippen LogP contribution >= 0.6 is 24.0 Å². The Morgan fingerprint density at radius 2 is 1.81 bits per heavy atom. The average molecular weight is 549 g/mol. The number of rotatable bonds is 7. The van der Waals surface area contributed by atoms with E-state index in [-0.39, 0.29) is 29.9 Å². The van der Waals surface area contributed by atoms with Crippen LogP contribution in [-0.2, 0) is 4.79 Å². The summed E-state index contributed by atoms with van der Waals surface area (Å²) >= 11 is 0. The Morgan fingerprint density at radius 1 is 1.00 bits per heavy atom. The molecule has 7 nitrogen and oxygen atoms in total. The molecule has 2 saturated heterocycles. The molecule has 31 heavy (non-hydrogen) atoms. The molecule has 3 rings (SSSR count).